The number of nitriles is 2. The maximum atomic E-state index is 9.32. The summed E-state index contributed by atoms with van der Waals surface area (Å²) in [6.07, 6.45) is 0. The minimum atomic E-state index is 0.269. The Kier molecular flexibility index (Phi) is 3.33. The molecule has 2 N–H and O–H groups in total. The zero-order chi connectivity index (χ0) is 14.0. The van der Waals surface area contributed by atoms with Gasteiger partial charge < -0.3 is 10.3 Å². The van der Waals surface area contributed by atoms with Gasteiger partial charge in [-0.05, 0) is 5.56 Å². The van der Waals surface area contributed by atoms with Crippen LogP contribution in [-0.4, -0.2) is 4.57 Å². The number of nitrogens with zero attached hydrogens (tertiary/aromatic N) is 3. The molecule has 0 aliphatic carbocycles. The highest BCUT2D eigenvalue weighted by molar-refractivity contribution is 7.71. The number of nitrogens with two attached hydrogens (primary N) is 1. The molecule has 0 fully saturated rings. The quantitative estimate of drug-likeness (QED) is 0.805. The molecule has 0 atom stereocenters. The normalized spacial score (nSPS) is 9.63. The first kappa shape index (κ1) is 12.8. The van der Waals surface area contributed by atoms with Crippen LogP contribution in [0.15, 0.2) is 30.3 Å². The van der Waals surface area contributed by atoms with E-state index in [1.54, 1.807) is 7.05 Å². The van der Waals surface area contributed by atoms with Crippen LogP contribution in [0, 0.1) is 27.3 Å². The fourth-order valence-electron chi connectivity index (χ4n) is 1.92. The minimum Gasteiger partial charge on any atom is -0.384 e. The van der Waals surface area contributed by atoms with Crippen LogP contribution in [0.3, 0.4) is 0 Å². The number of aromatic nitrogens is 1. The lowest BCUT2D eigenvalue weighted by Gasteiger charge is -2.13. The van der Waals surface area contributed by atoms with Crippen LogP contribution in [0.25, 0.3) is 11.1 Å². The highest BCUT2D eigenvalue weighted by Gasteiger charge is 2.17. The van der Waals surface area contributed by atoms with E-state index in [4.69, 9.17) is 18.0 Å². The molecule has 5 heteroatoms. The summed E-state index contributed by atoms with van der Waals surface area (Å²) in [6, 6.07) is 13.3. The molecule has 92 valence electrons. The molecule has 4 nitrogen and oxygen atoms in total. The summed E-state index contributed by atoms with van der Waals surface area (Å²) in [5, 5.41) is 18.6. The van der Waals surface area contributed by atoms with E-state index in [2.05, 4.69) is 12.1 Å². The van der Waals surface area contributed by atoms with Crippen LogP contribution < -0.4 is 5.73 Å². The lowest BCUT2D eigenvalue weighted by Crippen LogP contribution is -2.09. The second-order valence-electron chi connectivity index (χ2n) is 3.96. The van der Waals surface area contributed by atoms with Crippen molar-refractivity contribution in [1.29, 1.82) is 10.5 Å². The van der Waals surface area contributed by atoms with E-state index in [0.29, 0.717) is 15.8 Å². The first-order valence-corrected chi connectivity index (χ1v) is 5.90. The third-order valence-electron chi connectivity index (χ3n) is 2.92. The minimum absolute atomic E-state index is 0.269. The zero-order valence-electron chi connectivity index (χ0n) is 10.2. The molecule has 0 unspecified atom stereocenters. The zero-order valence-corrected chi connectivity index (χ0v) is 11.0. The molecule has 0 radical (unpaired) electrons. The van der Waals surface area contributed by atoms with Crippen LogP contribution in [0.5, 0.6) is 0 Å². The lowest BCUT2D eigenvalue weighted by atomic mass is 9.97. The number of anilines is 1. The van der Waals surface area contributed by atoms with Crippen molar-refractivity contribution in [2.45, 2.75) is 0 Å². The van der Waals surface area contributed by atoms with Gasteiger partial charge in [-0.15, -0.1) is 0 Å². The van der Waals surface area contributed by atoms with Crippen molar-refractivity contribution in [3.8, 4) is 23.3 Å². The van der Waals surface area contributed by atoms with Crippen LogP contribution >= 0.6 is 12.2 Å². The number of hydrogen-bond donors (Lipinski definition) is 1. The van der Waals surface area contributed by atoms with Crippen molar-refractivity contribution >= 4 is 18.0 Å². The van der Waals surface area contributed by atoms with Gasteiger partial charge in [0.25, 0.3) is 0 Å². The number of nitrogen functional groups attached to an aromatic ring is 1. The number of hydrogen-bond acceptors (Lipinski definition) is 4. The van der Waals surface area contributed by atoms with Gasteiger partial charge in [0, 0.05) is 12.6 Å². The summed E-state index contributed by atoms with van der Waals surface area (Å²) in [4.78, 5) is 0. The van der Waals surface area contributed by atoms with E-state index in [9.17, 15) is 10.5 Å². The fraction of sp³-hybridized carbons (Fsp3) is 0.0714. The number of pyridine rings is 1. The van der Waals surface area contributed by atoms with Gasteiger partial charge in [-0.3, -0.25) is 0 Å². The van der Waals surface area contributed by atoms with Crippen LogP contribution in [0.1, 0.15) is 11.1 Å². The highest BCUT2D eigenvalue weighted by atomic mass is 32.1. The van der Waals surface area contributed by atoms with Gasteiger partial charge in [0.2, 0.25) is 0 Å². The summed E-state index contributed by atoms with van der Waals surface area (Å²) in [7, 11) is 1.65. The molecule has 2 rings (SSSR count). The summed E-state index contributed by atoms with van der Waals surface area (Å²) in [5.41, 5.74) is 7.76. The van der Waals surface area contributed by atoms with E-state index < -0.39 is 0 Å². The average molecular weight is 266 g/mol. The Hall–Kier alpha value is -2.63. The lowest BCUT2D eigenvalue weighted by molar-refractivity contribution is 0.896. The Morgan fingerprint density at radius 2 is 1.68 bits per heavy atom. The predicted octanol–water partition coefficient (Wildman–Crippen LogP) is 2.75. The van der Waals surface area contributed by atoms with Gasteiger partial charge in [0.15, 0.2) is 0 Å². The Morgan fingerprint density at radius 1 is 1.11 bits per heavy atom. The maximum absolute atomic E-state index is 9.32. The van der Waals surface area contributed by atoms with E-state index >= 15 is 0 Å². The van der Waals surface area contributed by atoms with Crippen molar-refractivity contribution < 1.29 is 0 Å². The summed E-state index contributed by atoms with van der Waals surface area (Å²) >= 11 is 5.23. The van der Waals surface area contributed by atoms with Crippen LogP contribution in [0.2, 0.25) is 0 Å². The van der Waals surface area contributed by atoms with Gasteiger partial charge in [0.05, 0.1) is 5.56 Å². The van der Waals surface area contributed by atoms with Crippen LogP contribution in [-0.2, 0) is 7.05 Å². The molecule has 2 aromatic rings. The Morgan fingerprint density at radius 3 is 2.21 bits per heavy atom. The summed E-state index contributed by atoms with van der Waals surface area (Å²) in [6.45, 7) is 0. The molecule has 0 saturated heterocycles. The van der Waals surface area contributed by atoms with Gasteiger partial charge in [-0.1, -0.05) is 42.5 Å². The molecular weight excluding hydrogens is 256 g/mol. The van der Waals surface area contributed by atoms with Gasteiger partial charge in [0.1, 0.15) is 28.2 Å². The van der Waals surface area contributed by atoms with Crippen molar-refractivity contribution in [2.24, 2.45) is 7.05 Å². The summed E-state index contributed by atoms with van der Waals surface area (Å²) in [5.74, 6) is 0.269. The largest absolute Gasteiger partial charge is 0.384 e. The SMILES string of the molecule is Cn1c(N)c(C#N)c(-c2ccccc2)c(C#N)c1=S. The molecule has 0 amide bonds. The Balaban J connectivity index is 3.00. The maximum Gasteiger partial charge on any atom is 0.125 e. The molecule has 0 spiro atoms. The van der Waals surface area contributed by atoms with E-state index in [1.807, 2.05) is 30.3 Å². The smallest absolute Gasteiger partial charge is 0.125 e. The molecular formula is C14H10N4S. The average Bonchev–Trinajstić information content (AvgIpc) is 2.45. The summed E-state index contributed by atoms with van der Waals surface area (Å²) < 4.78 is 1.82. The number of benzene rings is 1. The van der Waals surface area contributed by atoms with E-state index in [1.165, 1.54) is 4.57 Å². The molecule has 1 aromatic heterocycles. The fourth-order valence-corrected chi connectivity index (χ4v) is 2.16. The molecule has 1 aromatic carbocycles. The van der Waals surface area contributed by atoms with Crippen molar-refractivity contribution in [3.05, 3.63) is 46.1 Å². The van der Waals surface area contributed by atoms with Gasteiger partial charge in [-0.25, -0.2) is 0 Å². The standard InChI is InChI=1S/C14H10N4S/c1-18-13(17)10(7-15)12(11(8-16)14(18)19)9-5-3-2-4-6-9/h2-6H,17H2,1H3. The topological polar surface area (TPSA) is 78.5 Å². The Bertz CT molecular complexity index is 776. The monoisotopic (exact) mass is 266 g/mol. The molecule has 0 bridgehead atoms. The van der Waals surface area contributed by atoms with E-state index in [-0.39, 0.29) is 11.4 Å². The van der Waals surface area contributed by atoms with E-state index in [0.717, 1.165) is 5.56 Å². The Labute approximate surface area is 115 Å². The highest BCUT2D eigenvalue weighted by Crippen LogP contribution is 2.31. The predicted molar refractivity (Wildman–Crippen MR) is 75.5 cm³/mol. The van der Waals surface area contributed by atoms with Crippen molar-refractivity contribution in [2.75, 3.05) is 5.73 Å². The van der Waals surface area contributed by atoms with Crippen LogP contribution in [0.4, 0.5) is 5.82 Å². The second-order valence-corrected chi connectivity index (χ2v) is 4.35. The van der Waals surface area contributed by atoms with Crippen molar-refractivity contribution in [3.63, 3.8) is 0 Å². The first-order valence-electron chi connectivity index (χ1n) is 5.50. The third-order valence-corrected chi connectivity index (χ3v) is 3.40. The first-order chi connectivity index (χ1) is 9.11. The molecule has 0 aliphatic rings. The number of rotatable bonds is 1. The third kappa shape index (κ3) is 1.97. The molecule has 0 aliphatic heterocycles. The second kappa shape index (κ2) is 4.93. The van der Waals surface area contributed by atoms with Gasteiger partial charge >= 0.3 is 0 Å². The molecule has 1 heterocycles. The molecule has 19 heavy (non-hydrogen) atoms. The molecule has 0 saturated carbocycles. The van der Waals surface area contributed by atoms with Crippen molar-refractivity contribution in [1.82, 2.24) is 4.57 Å². The van der Waals surface area contributed by atoms with Gasteiger partial charge in [-0.2, -0.15) is 10.5 Å².